The van der Waals surface area contributed by atoms with Crippen LogP contribution in [-0.2, 0) is 32.2 Å². The summed E-state index contributed by atoms with van der Waals surface area (Å²) in [5, 5.41) is 21.3. The van der Waals surface area contributed by atoms with Gasteiger partial charge in [-0.25, -0.2) is 10.5 Å². The number of rotatable bonds is 11. The van der Waals surface area contributed by atoms with Crippen molar-refractivity contribution in [3.63, 3.8) is 0 Å². The summed E-state index contributed by atoms with van der Waals surface area (Å²) in [6.07, 6.45) is 2.37. The third kappa shape index (κ3) is 8.01. The summed E-state index contributed by atoms with van der Waals surface area (Å²) < 4.78 is 14.4. The van der Waals surface area contributed by atoms with Gasteiger partial charge in [-0.15, -0.1) is 0 Å². The second kappa shape index (κ2) is 13.9. The molecule has 10 nitrogen and oxygen atoms in total. The fraction of sp³-hybridized carbons (Fsp3) is 0.370. The summed E-state index contributed by atoms with van der Waals surface area (Å²) in [6.45, 7) is 0.390. The number of amides is 2. The zero-order chi connectivity index (χ0) is 27.8. The van der Waals surface area contributed by atoms with E-state index in [-0.39, 0.29) is 42.7 Å². The number of hydrogen-bond donors (Lipinski definition) is 4. The van der Waals surface area contributed by atoms with Crippen LogP contribution < -0.4 is 10.8 Å². The molecule has 3 unspecified atom stereocenters. The fourth-order valence-corrected chi connectivity index (χ4v) is 4.61. The van der Waals surface area contributed by atoms with Crippen molar-refractivity contribution in [2.45, 2.75) is 63.8 Å². The predicted molar refractivity (Wildman–Crippen MR) is 144 cm³/mol. The van der Waals surface area contributed by atoms with Crippen LogP contribution in [0.25, 0.3) is 0 Å². The molecule has 1 aromatic heterocycles. The largest absolute Gasteiger partial charge is 0.392 e. The quantitative estimate of drug-likeness (QED) is 0.144. The minimum Gasteiger partial charge on any atom is -0.392 e. The number of hydrogen-bond acceptors (Lipinski definition) is 7. The van der Waals surface area contributed by atoms with Gasteiger partial charge in [0.2, 0.25) is 11.8 Å². The summed E-state index contributed by atoms with van der Waals surface area (Å²) in [5.74, 6) is -0.638. The zero-order valence-corrected chi connectivity index (χ0v) is 22.6. The van der Waals surface area contributed by atoms with Crippen LogP contribution >= 0.6 is 23.2 Å². The van der Waals surface area contributed by atoms with Gasteiger partial charge in [-0.1, -0.05) is 59.6 Å². The summed E-state index contributed by atoms with van der Waals surface area (Å²) in [7, 11) is 0. The number of ether oxygens (including phenoxy) is 2. The van der Waals surface area contributed by atoms with Crippen molar-refractivity contribution in [3.8, 4) is 0 Å². The Morgan fingerprint density at radius 3 is 2.26 bits per heavy atom. The molecule has 0 spiro atoms. The molecule has 2 heterocycles. The predicted octanol–water partition coefficient (Wildman–Crippen LogP) is 4.93. The van der Waals surface area contributed by atoms with E-state index in [0.717, 1.165) is 16.7 Å². The molecule has 1 fully saturated rings. The molecule has 4 N–H and O–H groups in total. The van der Waals surface area contributed by atoms with E-state index < -0.39 is 12.2 Å². The molecule has 4 rings (SSSR count). The maximum absolute atomic E-state index is 12.3. The third-order valence-electron chi connectivity index (χ3n) is 6.40. The number of anilines is 1. The minimum absolute atomic E-state index is 0.0379. The second-order valence-corrected chi connectivity index (χ2v) is 9.96. The number of carbonyl (C=O) groups excluding carboxylic acids is 2. The molecular weight excluding hydrogens is 547 g/mol. The molecule has 3 aromatic rings. The summed E-state index contributed by atoms with van der Waals surface area (Å²) in [6, 6.07) is 14.8. The molecule has 1 saturated heterocycles. The van der Waals surface area contributed by atoms with Crippen molar-refractivity contribution in [2.75, 3.05) is 5.32 Å². The van der Waals surface area contributed by atoms with Crippen LogP contribution in [0.5, 0.6) is 0 Å². The number of halogens is 2. The van der Waals surface area contributed by atoms with Gasteiger partial charge in [0.15, 0.2) is 11.4 Å². The third-order valence-corrected chi connectivity index (χ3v) is 7.17. The number of aromatic nitrogens is 2. The molecule has 12 heteroatoms. The molecule has 1 aliphatic heterocycles. The van der Waals surface area contributed by atoms with Crippen LogP contribution in [0.15, 0.2) is 54.9 Å². The molecule has 208 valence electrons. The van der Waals surface area contributed by atoms with Gasteiger partial charge >= 0.3 is 0 Å². The Morgan fingerprint density at radius 1 is 0.974 bits per heavy atom. The van der Waals surface area contributed by atoms with E-state index in [9.17, 15) is 14.7 Å². The molecule has 3 atom stereocenters. The number of nitrogens with one attached hydrogen (secondary N) is 2. The normalized spacial score (nSPS) is 19.0. The molecule has 0 radical (unpaired) electrons. The molecule has 2 aromatic carbocycles. The lowest BCUT2D eigenvalue weighted by Gasteiger charge is -2.36. The molecule has 39 heavy (non-hydrogen) atoms. The summed E-state index contributed by atoms with van der Waals surface area (Å²) in [5.41, 5.74) is 4.75. The highest BCUT2D eigenvalue weighted by Crippen LogP contribution is 2.39. The van der Waals surface area contributed by atoms with Crippen molar-refractivity contribution in [1.82, 2.24) is 15.0 Å². The number of imidazole rings is 1. The van der Waals surface area contributed by atoms with Gasteiger partial charge < -0.3 is 24.5 Å². The first-order valence-corrected chi connectivity index (χ1v) is 13.3. The highest BCUT2D eigenvalue weighted by Gasteiger charge is 2.33. The van der Waals surface area contributed by atoms with Gasteiger partial charge in [-0.3, -0.25) is 14.8 Å². The Kier molecular flexibility index (Phi) is 10.3. The summed E-state index contributed by atoms with van der Waals surface area (Å²) >= 11 is 12.3. The van der Waals surface area contributed by atoms with E-state index in [0.29, 0.717) is 36.6 Å². The van der Waals surface area contributed by atoms with Gasteiger partial charge in [-0.2, -0.15) is 0 Å². The first-order valence-electron chi connectivity index (χ1n) is 12.6. The number of aliphatic hydroxyl groups excluding tert-OH is 1. The van der Waals surface area contributed by atoms with E-state index in [1.165, 1.54) is 0 Å². The smallest absolute Gasteiger partial charge is 0.243 e. The topological polar surface area (TPSA) is 135 Å². The minimum atomic E-state index is -0.675. The van der Waals surface area contributed by atoms with E-state index in [4.69, 9.17) is 37.9 Å². The first-order chi connectivity index (χ1) is 18.9. The monoisotopic (exact) mass is 576 g/mol. The van der Waals surface area contributed by atoms with Crippen LogP contribution in [0.1, 0.15) is 61.2 Å². The Hall–Kier alpha value is -2.99. The number of benzene rings is 2. The lowest BCUT2D eigenvalue weighted by Crippen LogP contribution is -2.32. The SMILES string of the molecule is O=C(CCCCC(=O)Nc1ccc(C2OC(Cn3cnc(Cl)c3Cl)CC(c3ccc(CO)cc3)O2)cc1)NO. The lowest BCUT2D eigenvalue weighted by atomic mass is 10.00. The highest BCUT2D eigenvalue weighted by atomic mass is 35.5. The molecule has 2 amide bonds. The number of unbranched alkanes of at least 4 members (excludes halogenated alkanes) is 1. The summed E-state index contributed by atoms with van der Waals surface area (Å²) in [4.78, 5) is 27.4. The van der Waals surface area contributed by atoms with E-state index >= 15 is 0 Å². The maximum atomic E-state index is 12.3. The van der Waals surface area contributed by atoms with Gasteiger partial charge in [0.25, 0.3) is 0 Å². The Morgan fingerprint density at radius 2 is 1.64 bits per heavy atom. The van der Waals surface area contributed by atoms with Crippen molar-refractivity contribution >= 4 is 40.7 Å². The Bertz CT molecular complexity index is 1250. The molecular formula is C27H30Cl2N4O6. The van der Waals surface area contributed by atoms with Crippen LogP contribution in [0.2, 0.25) is 10.3 Å². The van der Waals surface area contributed by atoms with Gasteiger partial charge in [0, 0.05) is 30.5 Å². The van der Waals surface area contributed by atoms with Crippen molar-refractivity contribution in [2.24, 2.45) is 0 Å². The number of hydroxylamine groups is 1. The van der Waals surface area contributed by atoms with Gasteiger partial charge in [-0.05, 0) is 36.1 Å². The lowest BCUT2D eigenvalue weighted by molar-refractivity contribution is -0.252. The zero-order valence-electron chi connectivity index (χ0n) is 21.1. The molecule has 1 aliphatic rings. The molecule has 0 saturated carbocycles. The number of carbonyl (C=O) groups is 2. The average Bonchev–Trinajstić information content (AvgIpc) is 3.27. The van der Waals surface area contributed by atoms with Gasteiger partial charge in [0.05, 0.1) is 31.7 Å². The molecule has 0 bridgehead atoms. The van der Waals surface area contributed by atoms with Crippen LogP contribution in [0, 0.1) is 0 Å². The van der Waals surface area contributed by atoms with Gasteiger partial charge in [0.1, 0.15) is 5.15 Å². The Balaban J connectivity index is 1.42. The van der Waals surface area contributed by atoms with E-state index in [2.05, 4.69) is 10.3 Å². The fourth-order valence-electron chi connectivity index (χ4n) is 4.30. The average molecular weight is 577 g/mol. The molecule has 0 aliphatic carbocycles. The number of nitrogens with zero attached hydrogens (tertiary/aromatic N) is 2. The van der Waals surface area contributed by atoms with Crippen molar-refractivity contribution in [1.29, 1.82) is 0 Å². The van der Waals surface area contributed by atoms with Crippen molar-refractivity contribution < 1.29 is 29.4 Å². The second-order valence-electron chi connectivity index (χ2n) is 9.24. The van der Waals surface area contributed by atoms with E-state index in [1.54, 1.807) is 28.5 Å². The first kappa shape index (κ1) is 29.0. The van der Waals surface area contributed by atoms with E-state index in [1.807, 2.05) is 36.4 Å². The van der Waals surface area contributed by atoms with Crippen molar-refractivity contribution in [3.05, 3.63) is 81.9 Å². The standard InChI is InChI=1S/C27H30Cl2N4O6/c28-25-26(29)33(16-30-25)14-21-13-22(18-7-5-17(15-34)6-8-18)39-27(38-21)19-9-11-20(12-10-19)31-23(35)3-1-2-4-24(36)32-37/h5-12,16,21-22,27,34,37H,1-4,13-15H2,(H,31,35)(H,32,36). The maximum Gasteiger partial charge on any atom is 0.243 e. The number of aliphatic hydroxyl groups is 1. The van der Waals surface area contributed by atoms with Crippen LogP contribution in [0.4, 0.5) is 5.69 Å². The Labute approximate surface area is 235 Å². The van der Waals surface area contributed by atoms with Crippen LogP contribution in [-0.4, -0.2) is 37.8 Å². The highest BCUT2D eigenvalue weighted by molar-refractivity contribution is 6.40. The van der Waals surface area contributed by atoms with Crippen LogP contribution in [0.3, 0.4) is 0 Å².